The summed E-state index contributed by atoms with van der Waals surface area (Å²) in [5.41, 5.74) is 11.5. The topological polar surface area (TPSA) is 110 Å². The normalized spacial score (nSPS) is 12.2. The maximum atomic E-state index is 12.3. The van der Waals surface area contributed by atoms with Gasteiger partial charge in [0.05, 0.1) is 38.8 Å². The molecule has 4 aromatic heterocycles. The lowest BCUT2D eigenvalue weighted by molar-refractivity contribution is -0.131. The van der Waals surface area contributed by atoms with E-state index in [1.54, 1.807) is 0 Å². The van der Waals surface area contributed by atoms with Crippen LogP contribution in [0.2, 0.25) is 0 Å². The molecule has 0 amide bonds. The van der Waals surface area contributed by atoms with Gasteiger partial charge in [-0.25, -0.2) is 4.98 Å². The van der Waals surface area contributed by atoms with Crippen molar-refractivity contribution >= 4 is 50.7 Å². The van der Waals surface area contributed by atoms with E-state index in [4.69, 9.17) is 15.1 Å². The SMILES string of the molecule is CCCC1=Cc2nc1c(=N)cc1[nH]c(cc1CCC)c1cc(CCC)c(cc(OC(C)=O)c3[nH]c2cc3CCC)[nH]1. The Labute approximate surface area is 241 Å². The number of nitrogens with one attached hydrogen (secondary N) is 4. The summed E-state index contributed by atoms with van der Waals surface area (Å²) in [5.74, 6) is 0.125. The molecule has 4 N–H and O–H groups in total. The first-order chi connectivity index (χ1) is 19.8. The van der Waals surface area contributed by atoms with Gasteiger partial charge in [0, 0.05) is 24.0 Å². The van der Waals surface area contributed by atoms with Crippen molar-refractivity contribution in [3.63, 3.8) is 0 Å². The highest BCUT2D eigenvalue weighted by Gasteiger charge is 2.16. The van der Waals surface area contributed by atoms with E-state index in [9.17, 15) is 4.79 Å². The van der Waals surface area contributed by atoms with Gasteiger partial charge in [0.15, 0.2) is 5.75 Å². The number of ether oxygens (including phenoxy) is 1. The number of aromatic amines is 3. The van der Waals surface area contributed by atoms with E-state index in [0.717, 1.165) is 107 Å². The van der Waals surface area contributed by atoms with E-state index < -0.39 is 0 Å². The van der Waals surface area contributed by atoms with E-state index in [2.05, 4.69) is 66.9 Å². The fourth-order valence-electron chi connectivity index (χ4n) is 5.79. The number of esters is 1. The molecule has 7 nitrogen and oxygen atoms in total. The van der Waals surface area contributed by atoms with Gasteiger partial charge in [-0.05, 0) is 78.3 Å². The number of carbonyl (C=O) groups is 1. The second-order valence-electron chi connectivity index (χ2n) is 11.0. The molecule has 8 bridgehead atoms. The third-order valence-corrected chi connectivity index (χ3v) is 7.58. The number of aromatic nitrogens is 4. The predicted octanol–water partition coefficient (Wildman–Crippen LogP) is 8.13. The van der Waals surface area contributed by atoms with E-state index >= 15 is 0 Å². The fraction of sp³-hybridized carbons (Fsp3) is 0.382. The van der Waals surface area contributed by atoms with Crippen LogP contribution < -0.4 is 10.1 Å². The van der Waals surface area contributed by atoms with Gasteiger partial charge >= 0.3 is 5.97 Å². The minimum absolute atomic E-state index is 0.366. The van der Waals surface area contributed by atoms with E-state index in [1.807, 2.05) is 12.1 Å². The van der Waals surface area contributed by atoms with Crippen molar-refractivity contribution in [1.82, 2.24) is 19.9 Å². The summed E-state index contributed by atoms with van der Waals surface area (Å²) in [5, 5.41) is 9.51. The molecule has 7 heteroatoms. The van der Waals surface area contributed by atoms with Crippen molar-refractivity contribution in [2.24, 2.45) is 0 Å². The van der Waals surface area contributed by atoms with Crippen LogP contribution in [0, 0.1) is 5.41 Å². The number of hydrogen-bond donors (Lipinski definition) is 4. The number of carbonyl (C=O) groups excluding carboxylic acids is 1. The number of fused-ring (bicyclic) bond motifs is 10. The quantitative estimate of drug-likeness (QED) is 0.158. The largest absolute Gasteiger partial charge is 0.424 e. The molecule has 4 aromatic rings. The summed E-state index contributed by atoms with van der Waals surface area (Å²) in [4.78, 5) is 28.1. The molecule has 1 aliphatic heterocycles. The first kappa shape index (κ1) is 28.4. The Hall–Kier alpha value is -4.13. The van der Waals surface area contributed by atoms with Gasteiger partial charge in [-0.1, -0.05) is 53.4 Å². The molecule has 5 rings (SSSR count). The van der Waals surface area contributed by atoms with Crippen molar-refractivity contribution in [1.29, 1.82) is 5.41 Å². The number of nitrogens with zero attached hydrogens (tertiary/aromatic N) is 1. The zero-order valence-corrected chi connectivity index (χ0v) is 24.9. The first-order valence-corrected chi connectivity index (χ1v) is 15.0. The highest BCUT2D eigenvalue weighted by Crippen LogP contribution is 2.31. The molecule has 0 fully saturated rings. The lowest BCUT2D eigenvalue weighted by atomic mass is 10.1. The smallest absolute Gasteiger partial charge is 0.308 e. The van der Waals surface area contributed by atoms with Gasteiger partial charge < -0.3 is 19.7 Å². The molecule has 0 unspecified atom stereocenters. The molecule has 1 aliphatic rings. The number of H-pyrrole nitrogens is 3. The van der Waals surface area contributed by atoms with Crippen molar-refractivity contribution < 1.29 is 9.53 Å². The Kier molecular flexibility index (Phi) is 8.43. The van der Waals surface area contributed by atoms with Crippen LogP contribution in [0.5, 0.6) is 5.75 Å². The minimum Gasteiger partial charge on any atom is -0.424 e. The molecule has 0 radical (unpaired) electrons. The number of allylic oxidation sites excluding steroid dienone is 1. The highest BCUT2D eigenvalue weighted by atomic mass is 16.5. The number of rotatable bonds is 9. The number of hydrogen-bond acceptors (Lipinski definition) is 4. The van der Waals surface area contributed by atoms with Gasteiger partial charge in [0.2, 0.25) is 0 Å². The molecular weight excluding hydrogens is 510 g/mol. The monoisotopic (exact) mass is 551 g/mol. The third kappa shape index (κ3) is 5.85. The summed E-state index contributed by atoms with van der Waals surface area (Å²) in [6.07, 6.45) is 9.47. The van der Waals surface area contributed by atoms with Crippen LogP contribution >= 0.6 is 0 Å². The molecule has 214 valence electrons. The van der Waals surface area contributed by atoms with Gasteiger partial charge in [-0.3, -0.25) is 10.2 Å². The van der Waals surface area contributed by atoms with Gasteiger partial charge in [-0.2, -0.15) is 0 Å². The van der Waals surface area contributed by atoms with Crippen molar-refractivity contribution in [2.45, 2.75) is 86.0 Å². The summed E-state index contributed by atoms with van der Waals surface area (Å²) < 4.78 is 5.88. The Morgan fingerprint density at radius 1 is 0.732 bits per heavy atom. The zero-order chi connectivity index (χ0) is 29.1. The van der Waals surface area contributed by atoms with Crippen LogP contribution in [0.1, 0.15) is 94.8 Å². The zero-order valence-electron chi connectivity index (χ0n) is 24.9. The van der Waals surface area contributed by atoms with Crippen LogP contribution in [-0.4, -0.2) is 25.9 Å². The Balaban J connectivity index is 1.99. The predicted molar refractivity (Wildman–Crippen MR) is 168 cm³/mol. The standard InChI is InChI=1S/C34H41N5O2/c1-6-10-21-14-28-29-15-22(11-7-2)27(37-29)19-32(41-20(5)40)34-24(13-9-4)17-31(39-34)30-16-23(12-8-3)33(38-30)25(35)18-26(21)36-28/h14-19,35-37,39H,6-13H2,1-5H3. The van der Waals surface area contributed by atoms with E-state index in [0.29, 0.717) is 16.8 Å². The lowest BCUT2D eigenvalue weighted by Gasteiger charge is -2.03. The summed E-state index contributed by atoms with van der Waals surface area (Å²) in [6.45, 7) is 10.1. The summed E-state index contributed by atoms with van der Waals surface area (Å²) in [7, 11) is 0. The molecule has 0 aromatic carbocycles. The average Bonchev–Trinajstić information content (AvgIpc) is 3.70. The van der Waals surface area contributed by atoms with Crippen LogP contribution in [0.25, 0.3) is 44.7 Å². The van der Waals surface area contributed by atoms with Gasteiger partial charge in [-0.15, -0.1) is 0 Å². The highest BCUT2D eigenvalue weighted by molar-refractivity contribution is 5.90. The minimum atomic E-state index is -0.366. The molecule has 5 heterocycles. The van der Waals surface area contributed by atoms with Gasteiger partial charge in [0.25, 0.3) is 0 Å². The van der Waals surface area contributed by atoms with Crippen molar-refractivity contribution in [3.8, 4) is 5.75 Å². The first-order valence-electron chi connectivity index (χ1n) is 15.0. The van der Waals surface area contributed by atoms with Crippen molar-refractivity contribution in [3.05, 3.63) is 63.8 Å². The Morgan fingerprint density at radius 3 is 1.88 bits per heavy atom. The van der Waals surface area contributed by atoms with Gasteiger partial charge in [0.1, 0.15) is 0 Å². The Bertz CT molecular complexity index is 1820. The molecular formula is C34H41N5O2. The second-order valence-corrected chi connectivity index (χ2v) is 11.0. The number of aryl methyl sites for hydroxylation is 3. The van der Waals surface area contributed by atoms with Crippen molar-refractivity contribution in [2.75, 3.05) is 0 Å². The molecule has 0 aliphatic carbocycles. The molecule has 0 saturated carbocycles. The average molecular weight is 552 g/mol. The summed E-state index contributed by atoms with van der Waals surface area (Å²) >= 11 is 0. The molecule has 41 heavy (non-hydrogen) atoms. The van der Waals surface area contributed by atoms with Crippen LogP contribution in [-0.2, 0) is 24.1 Å². The molecule has 0 spiro atoms. The fourth-order valence-corrected chi connectivity index (χ4v) is 5.79. The van der Waals surface area contributed by atoms with E-state index in [1.165, 1.54) is 12.5 Å². The van der Waals surface area contributed by atoms with Crippen LogP contribution in [0.4, 0.5) is 0 Å². The molecule has 0 saturated heterocycles. The molecule has 0 atom stereocenters. The lowest BCUT2D eigenvalue weighted by Crippen LogP contribution is -2.05. The van der Waals surface area contributed by atoms with E-state index in [-0.39, 0.29) is 5.97 Å². The maximum absolute atomic E-state index is 12.3. The maximum Gasteiger partial charge on any atom is 0.308 e. The third-order valence-electron chi connectivity index (χ3n) is 7.58. The summed E-state index contributed by atoms with van der Waals surface area (Å²) in [6, 6.07) is 10.4. The van der Waals surface area contributed by atoms with Crippen LogP contribution in [0.15, 0.2) is 30.3 Å². The second kappa shape index (κ2) is 12.2. The van der Waals surface area contributed by atoms with Crippen LogP contribution in [0.3, 0.4) is 0 Å². The Morgan fingerprint density at radius 2 is 1.29 bits per heavy atom.